The van der Waals surface area contributed by atoms with Crippen molar-refractivity contribution in [3.8, 4) is 5.75 Å². The van der Waals surface area contributed by atoms with Crippen LogP contribution < -0.4 is 10.1 Å². The molecule has 0 radical (unpaired) electrons. The fourth-order valence-corrected chi connectivity index (χ4v) is 3.19. The molecule has 1 saturated heterocycles. The zero-order chi connectivity index (χ0) is 17.5. The summed E-state index contributed by atoms with van der Waals surface area (Å²) in [4.78, 5) is 14.0. The highest BCUT2D eigenvalue weighted by Gasteiger charge is 2.18. The summed E-state index contributed by atoms with van der Waals surface area (Å²) in [6, 6.07) is 15.6. The number of halogens is 1. The van der Waals surface area contributed by atoms with Gasteiger partial charge in [-0.2, -0.15) is 0 Å². The molecule has 4 nitrogen and oxygen atoms in total. The van der Waals surface area contributed by atoms with Crippen molar-refractivity contribution < 1.29 is 9.53 Å². The van der Waals surface area contributed by atoms with E-state index in [0.29, 0.717) is 6.54 Å². The zero-order valence-corrected chi connectivity index (χ0v) is 15.0. The van der Waals surface area contributed by atoms with Gasteiger partial charge in [-0.15, -0.1) is 0 Å². The molecule has 1 amide bonds. The van der Waals surface area contributed by atoms with E-state index in [2.05, 4.69) is 5.32 Å². The first-order chi connectivity index (χ1) is 12.2. The summed E-state index contributed by atoms with van der Waals surface area (Å²) in [6.45, 7) is 3.20. The Hall–Kier alpha value is -2.04. The van der Waals surface area contributed by atoms with Crippen LogP contribution >= 0.6 is 11.6 Å². The van der Waals surface area contributed by atoms with E-state index >= 15 is 0 Å². The zero-order valence-electron chi connectivity index (χ0n) is 14.2. The molecule has 0 bridgehead atoms. The molecular formula is C20H23ClN2O2. The van der Waals surface area contributed by atoms with Crippen LogP contribution in [0.3, 0.4) is 0 Å². The van der Waals surface area contributed by atoms with Crippen molar-refractivity contribution in [1.29, 1.82) is 0 Å². The smallest absolute Gasteiger partial charge is 0.260 e. The number of likely N-dealkylation sites (tertiary alicyclic amines) is 1. The summed E-state index contributed by atoms with van der Waals surface area (Å²) in [5.41, 5.74) is 2.17. The van der Waals surface area contributed by atoms with E-state index in [0.717, 1.165) is 54.4 Å². The fourth-order valence-electron chi connectivity index (χ4n) is 2.98. The molecule has 0 saturated carbocycles. The van der Waals surface area contributed by atoms with Crippen LogP contribution in [0.15, 0.2) is 48.5 Å². The van der Waals surface area contributed by atoms with Crippen LogP contribution in [-0.4, -0.2) is 30.5 Å². The Morgan fingerprint density at radius 3 is 2.68 bits per heavy atom. The van der Waals surface area contributed by atoms with E-state index in [4.69, 9.17) is 16.3 Å². The van der Waals surface area contributed by atoms with Gasteiger partial charge < -0.3 is 15.0 Å². The fraction of sp³-hybridized carbons (Fsp3) is 0.350. The number of para-hydroxylation sites is 1. The highest BCUT2D eigenvalue weighted by atomic mass is 35.5. The van der Waals surface area contributed by atoms with Crippen molar-refractivity contribution in [2.24, 2.45) is 0 Å². The predicted octanol–water partition coefficient (Wildman–Crippen LogP) is 3.63. The maximum Gasteiger partial charge on any atom is 0.260 e. The number of carbonyl (C=O) groups excluding carboxylic acids is 1. The van der Waals surface area contributed by atoms with E-state index in [1.165, 1.54) is 0 Å². The lowest BCUT2D eigenvalue weighted by Gasteiger charge is -2.17. The van der Waals surface area contributed by atoms with Crippen LogP contribution in [0.1, 0.15) is 24.0 Å². The van der Waals surface area contributed by atoms with Gasteiger partial charge in [0, 0.05) is 36.8 Å². The van der Waals surface area contributed by atoms with E-state index in [1.54, 1.807) is 0 Å². The first-order valence-electron chi connectivity index (χ1n) is 8.66. The van der Waals surface area contributed by atoms with Crippen LogP contribution in [0.4, 0.5) is 0 Å². The maximum absolute atomic E-state index is 12.1. The number of carbonyl (C=O) groups is 1. The summed E-state index contributed by atoms with van der Waals surface area (Å²) < 4.78 is 5.78. The molecule has 0 unspecified atom stereocenters. The Bertz CT molecular complexity index is 714. The molecule has 0 aromatic heterocycles. The third-order valence-corrected chi connectivity index (χ3v) is 4.55. The Morgan fingerprint density at radius 1 is 1.08 bits per heavy atom. The van der Waals surface area contributed by atoms with E-state index < -0.39 is 0 Å². The van der Waals surface area contributed by atoms with Gasteiger partial charge in [0.05, 0.1) is 0 Å². The second-order valence-corrected chi connectivity index (χ2v) is 6.65. The van der Waals surface area contributed by atoms with Crippen molar-refractivity contribution in [3.63, 3.8) is 0 Å². The Balaban J connectivity index is 1.52. The van der Waals surface area contributed by atoms with Crippen molar-refractivity contribution in [1.82, 2.24) is 10.2 Å². The van der Waals surface area contributed by atoms with Crippen molar-refractivity contribution in [2.75, 3.05) is 19.7 Å². The number of benzene rings is 2. The molecule has 0 aliphatic carbocycles. The van der Waals surface area contributed by atoms with Crippen molar-refractivity contribution in [3.05, 3.63) is 64.7 Å². The van der Waals surface area contributed by atoms with Gasteiger partial charge in [-0.25, -0.2) is 0 Å². The van der Waals surface area contributed by atoms with E-state index in [9.17, 15) is 4.79 Å². The lowest BCUT2D eigenvalue weighted by atomic mass is 10.2. The van der Waals surface area contributed by atoms with Gasteiger partial charge in [0.15, 0.2) is 6.61 Å². The van der Waals surface area contributed by atoms with Crippen molar-refractivity contribution >= 4 is 17.5 Å². The number of hydrogen-bond donors (Lipinski definition) is 1. The van der Waals surface area contributed by atoms with Gasteiger partial charge in [0.1, 0.15) is 5.75 Å². The first-order valence-corrected chi connectivity index (χ1v) is 9.04. The molecule has 2 aromatic carbocycles. The predicted molar refractivity (Wildman–Crippen MR) is 99.7 cm³/mol. The monoisotopic (exact) mass is 358 g/mol. The van der Waals surface area contributed by atoms with Crippen LogP contribution in [0, 0.1) is 0 Å². The molecule has 5 heteroatoms. The Morgan fingerprint density at radius 2 is 1.88 bits per heavy atom. The SMILES string of the molecule is O=C(COc1ccccc1CNCc1cccc(Cl)c1)N1CCCC1. The molecule has 1 heterocycles. The molecule has 1 fully saturated rings. The third-order valence-electron chi connectivity index (χ3n) is 4.32. The molecule has 0 spiro atoms. The largest absolute Gasteiger partial charge is 0.483 e. The van der Waals surface area contributed by atoms with Crippen LogP contribution in [0.2, 0.25) is 5.02 Å². The molecule has 2 aromatic rings. The second kappa shape index (κ2) is 8.88. The van der Waals surface area contributed by atoms with Crippen LogP contribution in [0.25, 0.3) is 0 Å². The maximum atomic E-state index is 12.1. The Labute approximate surface area is 153 Å². The van der Waals surface area contributed by atoms with Crippen molar-refractivity contribution in [2.45, 2.75) is 25.9 Å². The average Bonchev–Trinajstić information content (AvgIpc) is 3.15. The molecule has 1 N–H and O–H groups in total. The molecular weight excluding hydrogens is 336 g/mol. The van der Waals surface area contributed by atoms with Crippen LogP contribution in [-0.2, 0) is 17.9 Å². The minimum Gasteiger partial charge on any atom is -0.483 e. The number of nitrogens with one attached hydrogen (secondary N) is 1. The average molecular weight is 359 g/mol. The lowest BCUT2D eigenvalue weighted by molar-refractivity contribution is -0.132. The number of rotatable bonds is 7. The summed E-state index contributed by atoms with van der Waals surface area (Å²) in [5.74, 6) is 0.827. The van der Waals surface area contributed by atoms with E-state index in [1.807, 2.05) is 53.4 Å². The van der Waals surface area contributed by atoms with Gasteiger partial charge in [0.2, 0.25) is 0 Å². The summed E-state index contributed by atoms with van der Waals surface area (Å²) in [6.07, 6.45) is 2.19. The van der Waals surface area contributed by atoms with E-state index in [-0.39, 0.29) is 12.5 Å². The molecule has 25 heavy (non-hydrogen) atoms. The van der Waals surface area contributed by atoms with Gasteiger partial charge in [-0.3, -0.25) is 4.79 Å². The standard InChI is InChI=1S/C20H23ClN2O2/c21-18-8-5-6-16(12-18)13-22-14-17-7-1-2-9-19(17)25-15-20(24)23-10-3-4-11-23/h1-2,5-9,12,22H,3-4,10-11,13-15H2. The minimum absolute atomic E-state index is 0.0687. The molecule has 132 valence electrons. The molecule has 0 atom stereocenters. The Kier molecular flexibility index (Phi) is 6.31. The molecule has 1 aliphatic rings. The second-order valence-electron chi connectivity index (χ2n) is 6.22. The topological polar surface area (TPSA) is 41.6 Å². The van der Waals surface area contributed by atoms with Gasteiger partial charge in [0.25, 0.3) is 5.91 Å². The number of hydrogen-bond acceptors (Lipinski definition) is 3. The quantitative estimate of drug-likeness (QED) is 0.821. The van der Waals surface area contributed by atoms with Gasteiger partial charge in [-0.05, 0) is 36.6 Å². The molecule has 3 rings (SSSR count). The summed E-state index contributed by atoms with van der Waals surface area (Å²) >= 11 is 6.01. The summed E-state index contributed by atoms with van der Waals surface area (Å²) in [5, 5.41) is 4.13. The lowest BCUT2D eigenvalue weighted by Crippen LogP contribution is -2.32. The number of amides is 1. The number of ether oxygens (including phenoxy) is 1. The third kappa shape index (κ3) is 5.21. The number of nitrogens with zero attached hydrogens (tertiary/aromatic N) is 1. The van der Waals surface area contributed by atoms with Crippen LogP contribution in [0.5, 0.6) is 5.75 Å². The highest BCUT2D eigenvalue weighted by Crippen LogP contribution is 2.19. The highest BCUT2D eigenvalue weighted by molar-refractivity contribution is 6.30. The molecule has 1 aliphatic heterocycles. The first kappa shape index (κ1) is 17.8. The summed E-state index contributed by atoms with van der Waals surface area (Å²) in [7, 11) is 0. The minimum atomic E-state index is 0.0687. The van der Waals surface area contributed by atoms with Gasteiger partial charge >= 0.3 is 0 Å². The normalized spacial score (nSPS) is 13.9. The van der Waals surface area contributed by atoms with Gasteiger partial charge in [-0.1, -0.05) is 41.9 Å².